The van der Waals surface area contributed by atoms with Gasteiger partial charge in [-0.25, -0.2) is 0 Å². The lowest BCUT2D eigenvalue weighted by atomic mass is 9.90. The number of carbonyl (C=O) groups is 1. The van der Waals surface area contributed by atoms with Crippen LogP contribution in [0.25, 0.3) is 0 Å². The van der Waals surface area contributed by atoms with Crippen LogP contribution in [-0.2, 0) is 6.42 Å². The molecule has 0 aliphatic heterocycles. The van der Waals surface area contributed by atoms with E-state index in [0.717, 1.165) is 17.7 Å². The van der Waals surface area contributed by atoms with Crippen molar-refractivity contribution in [3.05, 3.63) is 21.9 Å². The third-order valence-electron chi connectivity index (χ3n) is 2.55. The van der Waals surface area contributed by atoms with Gasteiger partial charge in [-0.1, -0.05) is 43.6 Å². The molecule has 0 radical (unpaired) electrons. The largest absolute Gasteiger partial charge is 0.350 e. The van der Waals surface area contributed by atoms with Crippen LogP contribution >= 0.6 is 27.3 Å². The second kappa shape index (κ2) is 6.71. The highest BCUT2D eigenvalue weighted by Crippen LogP contribution is 2.24. The fourth-order valence-electron chi connectivity index (χ4n) is 1.72. The fraction of sp³-hybridized carbons (Fsp3) is 0.643. The zero-order chi connectivity index (χ0) is 13.8. The third-order valence-corrected chi connectivity index (χ3v) is 4.43. The minimum Gasteiger partial charge on any atom is -0.350 e. The number of halogens is 1. The Balaban J connectivity index is 2.41. The van der Waals surface area contributed by atoms with Crippen molar-refractivity contribution < 1.29 is 4.79 Å². The minimum atomic E-state index is 0.0399. The summed E-state index contributed by atoms with van der Waals surface area (Å²) in [5.74, 6) is 0.0399. The molecule has 0 fully saturated rings. The normalized spacial score (nSPS) is 13.4. The van der Waals surface area contributed by atoms with E-state index in [0.29, 0.717) is 11.4 Å². The van der Waals surface area contributed by atoms with E-state index in [1.165, 1.54) is 4.88 Å². The zero-order valence-corrected chi connectivity index (χ0v) is 14.0. The summed E-state index contributed by atoms with van der Waals surface area (Å²) in [6, 6.07) is 3.94. The first-order chi connectivity index (χ1) is 8.31. The molecule has 0 aromatic carbocycles. The lowest BCUT2D eigenvalue weighted by molar-refractivity contribution is 0.0956. The second-order valence-corrected chi connectivity index (χ2v) is 8.15. The SMILES string of the molecule is CCc1ccc(C(=O)NCC(Br)CC(C)(C)C)s1. The van der Waals surface area contributed by atoms with Crippen molar-refractivity contribution in [2.24, 2.45) is 5.41 Å². The quantitative estimate of drug-likeness (QED) is 0.803. The highest BCUT2D eigenvalue weighted by Gasteiger charge is 2.17. The van der Waals surface area contributed by atoms with Crippen molar-refractivity contribution in [1.82, 2.24) is 5.32 Å². The highest BCUT2D eigenvalue weighted by molar-refractivity contribution is 9.09. The van der Waals surface area contributed by atoms with Gasteiger partial charge in [0, 0.05) is 16.2 Å². The zero-order valence-electron chi connectivity index (χ0n) is 11.5. The van der Waals surface area contributed by atoms with E-state index in [4.69, 9.17) is 0 Å². The van der Waals surface area contributed by atoms with E-state index in [1.54, 1.807) is 11.3 Å². The second-order valence-electron chi connectivity index (χ2n) is 5.69. The van der Waals surface area contributed by atoms with E-state index in [9.17, 15) is 4.79 Å². The molecule has 102 valence electrons. The molecule has 18 heavy (non-hydrogen) atoms. The Hall–Kier alpha value is -0.350. The topological polar surface area (TPSA) is 29.1 Å². The molecule has 0 aliphatic carbocycles. The molecule has 1 unspecified atom stereocenters. The maximum absolute atomic E-state index is 11.9. The molecule has 1 rings (SSSR count). The molecule has 1 atom stereocenters. The molecule has 0 bridgehead atoms. The molecule has 2 nitrogen and oxygen atoms in total. The predicted octanol–water partition coefficient (Wildman–Crippen LogP) is 4.24. The Bertz CT molecular complexity index is 395. The average Bonchev–Trinajstić information content (AvgIpc) is 2.72. The molecule has 1 N–H and O–H groups in total. The Morgan fingerprint density at radius 3 is 2.61 bits per heavy atom. The number of amides is 1. The van der Waals surface area contributed by atoms with Crippen LogP contribution in [0.3, 0.4) is 0 Å². The Kier molecular flexibility index (Phi) is 5.86. The average molecular weight is 332 g/mol. The number of thiophene rings is 1. The van der Waals surface area contributed by atoms with Crippen LogP contribution < -0.4 is 5.32 Å². The van der Waals surface area contributed by atoms with Crippen molar-refractivity contribution >= 4 is 33.2 Å². The van der Waals surface area contributed by atoms with Gasteiger partial charge in [0.15, 0.2) is 0 Å². The lowest BCUT2D eigenvalue weighted by Crippen LogP contribution is -2.30. The predicted molar refractivity (Wildman–Crippen MR) is 82.8 cm³/mol. The van der Waals surface area contributed by atoms with Crippen LogP contribution in [0.2, 0.25) is 0 Å². The summed E-state index contributed by atoms with van der Waals surface area (Å²) in [4.78, 5) is 14.3. The minimum absolute atomic E-state index is 0.0399. The summed E-state index contributed by atoms with van der Waals surface area (Å²) in [7, 11) is 0. The van der Waals surface area contributed by atoms with E-state index in [-0.39, 0.29) is 11.3 Å². The number of hydrogen-bond acceptors (Lipinski definition) is 2. The number of rotatable bonds is 5. The first-order valence-electron chi connectivity index (χ1n) is 6.33. The van der Waals surface area contributed by atoms with Gasteiger partial charge in [0.05, 0.1) is 4.88 Å². The van der Waals surface area contributed by atoms with Crippen LogP contribution in [0.5, 0.6) is 0 Å². The van der Waals surface area contributed by atoms with Crippen molar-refractivity contribution in [3.63, 3.8) is 0 Å². The van der Waals surface area contributed by atoms with E-state index < -0.39 is 0 Å². The fourth-order valence-corrected chi connectivity index (χ4v) is 3.71. The van der Waals surface area contributed by atoms with Crippen LogP contribution in [0, 0.1) is 5.41 Å². The van der Waals surface area contributed by atoms with Gasteiger partial charge in [0.1, 0.15) is 0 Å². The van der Waals surface area contributed by atoms with Crippen molar-refractivity contribution in [2.75, 3.05) is 6.54 Å². The summed E-state index contributed by atoms with van der Waals surface area (Å²) < 4.78 is 0. The van der Waals surface area contributed by atoms with Gasteiger partial charge >= 0.3 is 0 Å². The molecule has 1 amide bonds. The Labute approximate surface area is 122 Å². The van der Waals surface area contributed by atoms with Gasteiger partial charge in [-0.15, -0.1) is 11.3 Å². The van der Waals surface area contributed by atoms with E-state index in [2.05, 4.69) is 48.9 Å². The van der Waals surface area contributed by atoms with Crippen LogP contribution in [0.4, 0.5) is 0 Å². The summed E-state index contributed by atoms with van der Waals surface area (Å²) in [5.41, 5.74) is 0.275. The molecule has 1 heterocycles. The summed E-state index contributed by atoms with van der Waals surface area (Å²) in [5, 5.41) is 2.98. The number of aryl methyl sites for hydroxylation is 1. The number of alkyl halides is 1. The van der Waals surface area contributed by atoms with Gasteiger partial charge < -0.3 is 5.32 Å². The highest BCUT2D eigenvalue weighted by atomic mass is 79.9. The molecule has 1 aromatic rings. The Morgan fingerprint density at radius 1 is 1.44 bits per heavy atom. The molecular weight excluding hydrogens is 310 g/mol. The molecule has 4 heteroatoms. The van der Waals surface area contributed by atoms with Crippen molar-refractivity contribution in [3.8, 4) is 0 Å². The third kappa shape index (κ3) is 5.53. The first-order valence-corrected chi connectivity index (χ1v) is 8.06. The van der Waals surface area contributed by atoms with Crippen molar-refractivity contribution in [1.29, 1.82) is 0 Å². The molecular formula is C14H22BrNOS. The summed E-state index contributed by atoms with van der Waals surface area (Å²) >= 11 is 5.20. The standard InChI is InChI=1S/C14H22BrNOS/c1-5-11-6-7-12(18-11)13(17)16-9-10(15)8-14(2,3)4/h6-7,10H,5,8-9H2,1-4H3,(H,16,17). The van der Waals surface area contributed by atoms with E-state index >= 15 is 0 Å². The maximum atomic E-state index is 11.9. The monoisotopic (exact) mass is 331 g/mol. The summed E-state index contributed by atoms with van der Waals surface area (Å²) in [6.45, 7) is 9.39. The number of carbonyl (C=O) groups excluding carboxylic acids is 1. The van der Waals surface area contributed by atoms with Gasteiger partial charge in [-0.05, 0) is 30.4 Å². The molecule has 0 aliphatic rings. The molecule has 0 saturated carbocycles. The van der Waals surface area contributed by atoms with Crippen LogP contribution in [0.15, 0.2) is 12.1 Å². The van der Waals surface area contributed by atoms with Gasteiger partial charge in [-0.2, -0.15) is 0 Å². The lowest BCUT2D eigenvalue weighted by Gasteiger charge is -2.22. The van der Waals surface area contributed by atoms with E-state index in [1.807, 2.05) is 12.1 Å². The molecule has 0 spiro atoms. The van der Waals surface area contributed by atoms with Crippen molar-refractivity contribution in [2.45, 2.75) is 45.4 Å². The van der Waals surface area contributed by atoms with Gasteiger partial charge in [0.2, 0.25) is 0 Å². The van der Waals surface area contributed by atoms with Gasteiger partial charge in [0.25, 0.3) is 5.91 Å². The first kappa shape index (κ1) is 15.7. The van der Waals surface area contributed by atoms with Gasteiger partial charge in [-0.3, -0.25) is 4.79 Å². The smallest absolute Gasteiger partial charge is 0.261 e. The maximum Gasteiger partial charge on any atom is 0.261 e. The summed E-state index contributed by atoms with van der Waals surface area (Å²) in [6.07, 6.45) is 2.03. The Morgan fingerprint density at radius 2 is 2.11 bits per heavy atom. The number of nitrogens with one attached hydrogen (secondary N) is 1. The van der Waals surface area contributed by atoms with Crippen LogP contribution in [-0.4, -0.2) is 17.3 Å². The molecule has 1 aromatic heterocycles. The number of hydrogen-bond donors (Lipinski definition) is 1. The molecule has 0 saturated heterocycles. The van der Waals surface area contributed by atoms with Crippen LogP contribution in [0.1, 0.15) is 48.7 Å².